The average Bonchev–Trinajstić information content (AvgIpc) is 3.41. The highest BCUT2D eigenvalue weighted by Crippen LogP contribution is 2.40. The van der Waals surface area contributed by atoms with Crippen LogP contribution in [0.2, 0.25) is 0 Å². The molecule has 5 rings (SSSR count). The van der Waals surface area contributed by atoms with Gasteiger partial charge in [0.15, 0.2) is 0 Å². The van der Waals surface area contributed by atoms with Crippen LogP contribution >= 0.6 is 0 Å². The Hall–Kier alpha value is -3.41. The zero-order valence-corrected chi connectivity index (χ0v) is 16.9. The third-order valence-electron chi connectivity index (χ3n) is 5.66. The van der Waals surface area contributed by atoms with Crippen LogP contribution in [-0.4, -0.2) is 31.5 Å². The van der Waals surface area contributed by atoms with Crippen molar-refractivity contribution < 1.29 is 0 Å². The van der Waals surface area contributed by atoms with Crippen molar-refractivity contribution in [2.75, 3.05) is 11.4 Å². The summed E-state index contributed by atoms with van der Waals surface area (Å²) >= 11 is 0. The van der Waals surface area contributed by atoms with Gasteiger partial charge in [-0.1, -0.05) is 12.2 Å². The van der Waals surface area contributed by atoms with Gasteiger partial charge in [-0.15, -0.1) is 4.80 Å². The number of imidazole rings is 1. The molecule has 2 aromatic carbocycles. The maximum Gasteiger partial charge on any atom is 0.130 e. The molecule has 0 unspecified atom stereocenters. The van der Waals surface area contributed by atoms with Crippen molar-refractivity contribution in [2.45, 2.75) is 33.2 Å². The van der Waals surface area contributed by atoms with E-state index in [2.05, 4.69) is 71.7 Å². The summed E-state index contributed by atoms with van der Waals surface area (Å²) in [6.45, 7) is 11.4. The number of hydrogen-bond acceptors (Lipinski definition) is 4. The van der Waals surface area contributed by atoms with Crippen LogP contribution in [0.3, 0.4) is 0 Å². The molecule has 1 atom stereocenters. The second kappa shape index (κ2) is 6.58. The van der Waals surface area contributed by atoms with Crippen LogP contribution in [0.5, 0.6) is 0 Å². The van der Waals surface area contributed by atoms with Gasteiger partial charge in [-0.2, -0.15) is 10.2 Å². The lowest BCUT2D eigenvalue weighted by Gasteiger charge is -2.27. The number of rotatable bonds is 3. The molecule has 1 fully saturated rings. The zero-order valence-electron chi connectivity index (χ0n) is 16.9. The molecular formula is C23H23N6. The van der Waals surface area contributed by atoms with Gasteiger partial charge in [-0.3, -0.25) is 0 Å². The third kappa shape index (κ3) is 3.01. The monoisotopic (exact) mass is 383 g/mol. The summed E-state index contributed by atoms with van der Waals surface area (Å²) in [7, 11) is 0. The number of hydrogen-bond donors (Lipinski definition) is 1. The van der Waals surface area contributed by atoms with Gasteiger partial charge in [0.2, 0.25) is 0 Å². The normalized spacial score (nSPS) is 16.9. The number of aromatic nitrogens is 5. The molecule has 4 aromatic rings. The molecule has 0 spiro atoms. The quantitative estimate of drug-likeness (QED) is 0.534. The minimum absolute atomic E-state index is 0.0834. The Balaban J connectivity index is 1.62. The van der Waals surface area contributed by atoms with E-state index in [9.17, 15) is 0 Å². The van der Waals surface area contributed by atoms with Crippen LogP contribution in [0.1, 0.15) is 35.0 Å². The fraction of sp³-hybridized carbons (Fsp3) is 0.261. The Labute approximate surface area is 169 Å². The van der Waals surface area contributed by atoms with Gasteiger partial charge in [-0.25, -0.2) is 4.98 Å². The van der Waals surface area contributed by atoms with Crippen LogP contribution in [0, 0.1) is 26.8 Å². The van der Waals surface area contributed by atoms with Crippen molar-refractivity contribution in [3.05, 3.63) is 77.4 Å². The Bertz CT molecular complexity index is 1180. The summed E-state index contributed by atoms with van der Waals surface area (Å²) in [5.41, 5.74) is 8.80. The molecular weight excluding hydrogens is 360 g/mol. The minimum Gasteiger partial charge on any atom is -0.355 e. The summed E-state index contributed by atoms with van der Waals surface area (Å²) in [6, 6.07) is 11.9. The van der Waals surface area contributed by atoms with E-state index in [1.54, 1.807) is 17.2 Å². The highest BCUT2D eigenvalue weighted by atomic mass is 15.5. The van der Waals surface area contributed by atoms with Crippen molar-refractivity contribution >= 4 is 16.7 Å². The summed E-state index contributed by atoms with van der Waals surface area (Å²) in [4.78, 5) is 12.4. The van der Waals surface area contributed by atoms with Gasteiger partial charge in [-0.05, 0) is 68.1 Å². The molecule has 2 aromatic heterocycles. The van der Waals surface area contributed by atoms with Gasteiger partial charge in [0.05, 0.1) is 35.2 Å². The maximum atomic E-state index is 4.94. The first kappa shape index (κ1) is 17.7. The largest absolute Gasteiger partial charge is 0.355 e. The lowest BCUT2D eigenvalue weighted by atomic mass is 10.1. The lowest BCUT2D eigenvalue weighted by Crippen LogP contribution is -2.25. The molecule has 0 aliphatic carbocycles. The zero-order chi connectivity index (χ0) is 20.1. The van der Waals surface area contributed by atoms with Crippen molar-refractivity contribution in [3.8, 4) is 5.69 Å². The van der Waals surface area contributed by atoms with Crippen LogP contribution in [0.25, 0.3) is 16.7 Å². The molecule has 145 valence electrons. The molecule has 1 aliphatic heterocycles. The van der Waals surface area contributed by atoms with Gasteiger partial charge in [0.1, 0.15) is 11.5 Å². The number of aryl methyl sites for hydroxylation is 3. The van der Waals surface area contributed by atoms with Crippen molar-refractivity contribution in [1.82, 2.24) is 25.0 Å². The molecule has 6 heteroatoms. The first-order valence-electron chi connectivity index (χ1n) is 9.79. The molecule has 0 amide bonds. The molecule has 1 aliphatic rings. The van der Waals surface area contributed by atoms with Gasteiger partial charge in [0, 0.05) is 12.6 Å². The predicted octanol–water partition coefficient (Wildman–Crippen LogP) is 4.38. The molecule has 1 N–H and O–H groups in total. The number of anilines is 1. The van der Waals surface area contributed by atoms with Crippen LogP contribution < -0.4 is 4.90 Å². The smallest absolute Gasteiger partial charge is 0.130 e. The average molecular weight is 383 g/mol. The number of aromatic amines is 1. The van der Waals surface area contributed by atoms with E-state index >= 15 is 0 Å². The number of fused-ring (bicyclic) bond motifs is 1. The Morgan fingerprint density at radius 3 is 2.66 bits per heavy atom. The summed E-state index contributed by atoms with van der Waals surface area (Å²) in [5, 5.41) is 8.64. The third-order valence-corrected chi connectivity index (χ3v) is 5.66. The first-order valence-corrected chi connectivity index (χ1v) is 9.79. The second-order valence-corrected chi connectivity index (χ2v) is 7.90. The first-order chi connectivity index (χ1) is 14.0. The predicted molar refractivity (Wildman–Crippen MR) is 114 cm³/mol. The fourth-order valence-corrected chi connectivity index (χ4v) is 4.04. The molecule has 6 nitrogen and oxygen atoms in total. The van der Waals surface area contributed by atoms with Crippen molar-refractivity contribution in [1.29, 1.82) is 0 Å². The van der Waals surface area contributed by atoms with Gasteiger partial charge >= 0.3 is 0 Å². The second-order valence-electron chi connectivity index (χ2n) is 7.90. The van der Waals surface area contributed by atoms with E-state index in [0.29, 0.717) is 0 Å². The van der Waals surface area contributed by atoms with E-state index < -0.39 is 0 Å². The van der Waals surface area contributed by atoms with Gasteiger partial charge < -0.3 is 9.88 Å². The van der Waals surface area contributed by atoms with Crippen LogP contribution in [-0.2, 0) is 0 Å². The topological polar surface area (TPSA) is 62.6 Å². The van der Waals surface area contributed by atoms with E-state index in [4.69, 9.17) is 4.98 Å². The molecule has 1 radical (unpaired) electrons. The SMILES string of the molecule is C=C1C[C@@H](c2nc3cc(C)c(C)cc3[nH]2)N(c2cc(C)c[c]c2-n2nccn2)C1. The number of nitrogens with one attached hydrogen (secondary N) is 1. The molecule has 0 saturated carbocycles. The number of H-pyrrole nitrogens is 1. The highest BCUT2D eigenvalue weighted by Gasteiger charge is 2.33. The van der Waals surface area contributed by atoms with Crippen LogP contribution in [0.15, 0.2) is 48.8 Å². The van der Waals surface area contributed by atoms with E-state index in [1.807, 2.05) is 6.07 Å². The minimum atomic E-state index is 0.0834. The van der Waals surface area contributed by atoms with E-state index in [0.717, 1.165) is 46.8 Å². The van der Waals surface area contributed by atoms with Gasteiger partial charge in [0.25, 0.3) is 0 Å². The highest BCUT2D eigenvalue weighted by molar-refractivity contribution is 5.77. The standard InChI is InChI=1S/C23H23N6/c1-14-5-6-20(29-24-7-8-25-29)21(9-14)28-13-15(2)10-22(28)23-26-18-11-16(3)17(4)12-19(18)27-23/h5,7-9,11-12,22H,2,10,13H2,1,3-4H3,(H,26,27)/t22-/m0/s1. The Morgan fingerprint density at radius 2 is 1.86 bits per heavy atom. The molecule has 3 heterocycles. The lowest BCUT2D eigenvalue weighted by molar-refractivity contribution is 0.678. The Kier molecular flexibility index (Phi) is 4.01. The summed E-state index contributed by atoms with van der Waals surface area (Å²) in [5.74, 6) is 0.963. The fourth-order valence-electron chi connectivity index (χ4n) is 4.04. The Morgan fingerprint density at radius 1 is 1.10 bits per heavy atom. The summed E-state index contributed by atoms with van der Waals surface area (Å²) in [6.07, 6.45) is 4.22. The van der Waals surface area contributed by atoms with Crippen LogP contribution in [0.4, 0.5) is 5.69 Å². The number of benzene rings is 2. The molecule has 0 bridgehead atoms. The van der Waals surface area contributed by atoms with E-state index in [-0.39, 0.29) is 6.04 Å². The summed E-state index contributed by atoms with van der Waals surface area (Å²) < 4.78 is 0. The van der Waals surface area contributed by atoms with E-state index in [1.165, 1.54) is 16.7 Å². The van der Waals surface area contributed by atoms with Crippen molar-refractivity contribution in [3.63, 3.8) is 0 Å². The number of nitrogens with zero attached hydrogens (tertiary/aromatic N) is 5. The molecule has 29 heavy (non-hydrogen) atoms. The maximum absolute atomic E-state index is 4.94. The molecule has 1 saturated heterocycles. The van der Waals surface area contributed by atoms with Crippen molar-refractivity contribution in [2.24, 2.45) is 0 Å².